The molecule has 0 bridgehead atoms. The number of Topliss-reactive ketones (excluding diaryl/α,β-unsaturated/α-hetero) is 1. The molecule has 0 aromatic carbocycles. The number of rotatable bonds is 2. The highest BCUT2D eigenvalue weighted by Gasteiger charge is 2.33. The molecule has 0 aliphatic carbocycles. The summed E-state index contributed by atoms with van der Waals surface area (Å²) in [6.07, 6.45) is 4.87. The number of piperidine rings is 1. The highest BCUT2D eigenvalue weighted by Crippen LogP contribution is 2.24. The maximum absolute atomic E-state index is 12.5. The van der Waals surface area contributed by atoms with Gasteiger partial charge in [-0.1, -0.05) is 6.92 Å². The van der Waals surface area contributed by atoms with Gasteiger partial charge in [0, 0.05) is 32.1 Å². The fraction of sp³-hybridized carbons (Fsp3) is 0.857. The molecule has 0 saturated carbocycles. The van der Waals surface area contributed by atoms with Crippen LogP contribution in [0.25, 0.3) is 0 Å². The summed E-state index contributed by atoms with van der Waals surface area (Å²) >= 11 is 0. The predicted molar refractivity (Wildman–Crippen MR) is 70.4 cm³/mol. The number of hydrogen-bond donors (Lipinski definition) is 0. The van der Waals surface area contributed by atoms with E-state index in [2.05, 4.69) is 6.92 Å². The minimum atomic E-state index is 0.146. The predicted octanol–water partition coefficient (Wildman–Crippen LogP) is 2.28. The summed E-state index contributed by atoms with van der Waals surface area (Å²) in [4.78, 5) is 27.6. The van der Waals surface area contributed by atoms with Crippen molar-refractivity contribution in [1.82, 2.24) is 9.80 Å². The number of nitrogens with zero attached hydrogens (tertiary/aromatic N) is 2. The van der Waals surface area contributed by atoms with Crippen LogP contribution in [0.5, 0.6) is 0 Å². The molecular formula is C14H24N2O2. The van der Waals surface area contributed by atoms with Gasteiger partial charge in [-0.3, -0.25) is 4.79 Å². The number of urea groups is 1. The third kappa shape index (κ3) is 3.03. The van der Waals surface area contributed by atoms with Gasteiger partial charge in [0.05, 0.1) is 0 Å². The Kier molecular flexibility index (Phi) is 4.25. The Hall–Kier alpha value is -1.06. The molecule has 2 fully saturated rings. The maximum Gasteiger partial charge on any atom is 0.320 e. The van der Waals surface area contributed by atoms with Crippen molar-refractivity contribution in [3.05, 3.63) is 0 Å². The van der Waals surface area contributed by atoms with Gasteiger partial charge in [-0.05, 0) is 38.5 Å². The lowest BCUT2D eigenvalue weighted by Gasteiger charge is -2.36. The minimum absolute atomic E-state index is 0.146. The van der Waals surface area contributed by atoms with E-state index in [-0.39, 0.29) is 17.9 Å². The van der Waals surface area contributed by atoms with Crippen LogP contribution in [-0.2, 0) is 4.79 Å². The SMILES string of the molecule is CC(=O)CC1CCCN1C(=O)N1CCCC(C)C1. The fourth-order valence-corrected chi connectivity index (χ4v) is 3.18. The summed E-state index contributed by atoms with van der Waals surface area (Å²) in [7, 11) is 0. The van der Waals surface area contributed by atoms with Crippen LogP contribution in [-0.4, -0.2) is 47.3 Å². The first-order valence-electron chi connectivity index (χ1n) is 7.13. The van der Waals surface area contributed by atoms with Crippen molar-refractivity contribution in [3.63, 3.8) is 0 Å². The monoisotopic (exact) mass is 252 g/mol. The summed E-state index contributed by atoms with van der Waals surface area (Å²) < 4.78 is 0. The van der Waals surface area contributed by atoms with E-state index >= 15 is 0 Å². The number of ketones is 1. The van der Waals surface area contributed by atoms with Crippen LogP contribution in [0.2, 0.25) is 0 Å². The maximum atomic E-state index is 12.5. The molecule has 2 amide bonds. The van der Waals surface area contributed by atoms with Crippen LogP contribution in [0.1, 0.15) is 46.0 Å². The third-order valence-corrected chi connectivity index (χ3v) is 4.07. The first-order chi connectivity index (χ1) is 8.58. The largest absolute Gasteiger partial charge is 0.324 e. The van der Waals surface area contributed by atoms with Crippen molar-refractivity contribution in [2.24, 2.45) is 5.92 Å². The molecule has 4 heteroatoms. The topological polar surface area (TPSA) is 40.6 Å². The third-order valence-electron chi connectivity index (χ3n) is 4.07. The van der Waals surface area contributed by atoms with Crippen LogP contribution in [0.15, 0.2) is 0 Å². The number of amides is 2. The molecule has 4 nitrogen and oxygen atoms in total. The minimum Gasteiger partial charge on any atom is -0.324 e. The lowest BCUT2D eigenvalue weighted by atomic mass is 10.0. The first-order valence-corrected chi connectivity index (χ1v) is 7.13. The van der Waals surface area contributed by atoms with E-state index in [1.165, 1.54) is 6.42 Å². The summed E-state index contributed by atoms with van der Waals surface area (Å²) in [5.41, 5.74) is 0. The molecule has 18 heavy (non-hydrogen) atoms. The molecule has 0 aromatic rings. The second-order valence-electron chi connectivity index (χ2n) is 5.87. The average molecular weight is 252 g/mol. The Bertz CT molecular complexity index is 330. The van der Waals surface area contributed by atoms with Crippen LogP contribution in [0.3, 0.4) is 0 Å². The van der Waals surface area contributed by atoms with E-state index in [0.29, 0.717) is 12.3 Å². The Morgan fingerprint density at radius 3 is 2.56 bits per heavy atom. The van der Waals surface area contributed by atoms with Gasteiger partial charge in [-0.25, -0.2) is 4.79 Å². The van der Waals surface area contributed by atoms with Gasteiger partial charge in [0.15, 0.2) is 0 Å². The van der Waals surface area contributed by atoms with E-state index in [4.69, 9.17) is 0 Å². The lowest BCUT2D eigenvalue weighted by Crippen LogP contribution is -2.49. The lowest BCUT2D eigenvalue weighted by molar-refractivity contribution is -0.117. The van der Waals surface area contributed by atoms with Gasteiger partial charge in [-0.2, -0.15) is 0 Å². The van der Waals surface area contributed by atoms with Crippen LogP contribution < -0.4 is 0 Å². The summed E-state index contributed by atoms with van der Waals surface area (Å²) in [6, 6.07) is 0.303. The van der Waals surface area contributed by atoms with Gasteiger partial charge in [0.2, 0.25) is 0 Å². The normalized spacial score (nSPS) is 28.6. The average Bonchev–Trinajstić information content (AvgIpc) is 2.75. The zero-order chi connectivity index (χ0) is 13.1. The standard InChI is InChI=1S/C14H24N2O2/c1-11-5-3-7-15(10-11)14(18)16-8-4-6-13(16)9-12(2)17/h11,13H,3-10H2,1-2H3. The molecule has 2 unspecified atom stereocenters. The second kappa shape index (κ2) is 5.72. The Morgan fingerprint density at radius 1 is 1.17 bits per heavy atom. The molecule has 0 spiro atoms. The van der Waals surface area contributed by atoms with E-state index < -0.39 is 0 Å². The number of carbonyl (C=O) groups excluding carboxylic acids is 2. The van der Waals surface area contributed by atoms with E-state index in [1.54, 1.807) is 6.92 Å². The molecule has 2 saturated heterocycles. The smallest absolute Gasteiger partial charge is 0.320 e. The van der Waals surface area contributed by atoms with Crippen molar-refractivity contribution >= 4 is 11.8 Å². The van der Waals surface area contributed by atoms with Crippen LogP contribution in [0, 0.1) is 5.92 Å². The first kappa shape index (κ1) is 13.4. The zero-order valence-electron chi connectivity index (χ0n) is 11.5. The van der Waals surface area contributed by atoms with Crippen molar-refractivity contribution in [3.8, 4) is 0 Å². The number of hydrogen-bond acceptors (Lipinski definition) is 2. The van der Waals surface area contributed by atoms with E-state index in [0.717, 1.165) is 38.9 Å². The molecular weight excluding hydrogens is 228 g/mol. The van der Waals surface area contributed by atoms with Crippen molar-refractivity contribution < 1.29 is 9.59 Å². The van der Waals surface area contributed by atoms with Gasteiger partial charge < -0.3 is 9.80 Å². The van der Waals surface area contributed by atoms with Crippen LogP contribution >= 0.6 is 0 Å². The molecule has 0 radical (unpaired) electrons. The molecule has 0 aromatic heterocycles. The summed E-state index contributed by atoms with van der Waals surface area (Å²) in [5, 5.41) is 0. The molecule has 2 heterocycles. The van der Waals surface area contributed by atoms with Crippen molar-refractivity contribution in [2.45, 2.75) is 52.0 Å². The highest BCUT2D eigenvalue weighted by atomic mass is 16.2. The van der Waals surface area contributed by atoms with Gasteiger partial charge in [-0.15, -0.1) is 0 Å². The molecule has 2 atom stereocenters. The van der Waals surface area contributed by atoms with Crippen LogP contribution in [0.4, 0.5) is 4.79 Å². The molecule has 2 aliphatic rings. The zero-order valence-corrected chi connectivity index (χ0v) is 11.5. The molecule has 2 rings (SSSR count). The second-order valence-corrected chi connectivity index (χ2v) is 5.87. The quantitative estimate of drug-likeness (QED) is 0.756. The Balaban J connectivity index is 1.96. The van der Waals surface area contributed by atoms with Crippen molar-refractivity contribution in [2.75, 3.05) is 19.6 Å². The molecule has 2 aliphatic heterocycles. The fourth-order valence-electron chi connectivity index (χ4n) is 3.18. The van der Waals surface area contributed by atoms with Gasteiger partial charge >= 0.3 is 6.03 Å². The molecule has 102 valence electrons. The van der Waals surface area contributed by atoms with E-state index in [1.807, 2.05) is 9.80 Å². The number of likely N-dealkylation sites (tertiary alicyclic amines) is 2. The van der Waals surface area contributed by atoms with Gasteiger partial charge in [0.25, 0.3) is 0 Å². The van der Waals surface area contributed by atoms with Crippen molar-refractivity contribution in [1.29, 1.82) is 0 Å². The van der Waals surface area contributed by atoms with Gasteiger partial charge in [0.1, 0.15) is 5.78 Å². The summed E-state index contributed by atoms with van der Waals surface area (Å²) in [5.74, 6) is 0.795. The Morgan fingerprint density at radius 2 is 1.89 bits per heavy atom. The highest BCUT2D eigenvalue weighted by molar-refractivity contribution is 5.79. The molecule has 0 N–H and O–H groups in total. The van der Waals surface area contributed by atoms with E-state index in [9.17, 15) is 9.59 Å². The number of carbonyl (C=O) groups is 2. The Labute approximate surface area is 109 Å². The summed E-state index contributed by atoms with van der Waals surface area (Å²) in [6.45, 7) is 6.40.